The molecule has 190 valence electrons. The summed E-state index contributed by atoms with van der Waals surface area (Å²) >= 11 is 0. The summed E-state index contributed by atoms with van der Waals surface area (Å²) in [5.41, 5.74) is 1.90. The minimum absolute atomic E-state index is 0.139. The van der Waals surface area contributed by atoms with E-state index in [2.05, 4.69) is 23.5 Å². The lowest BCUT2D eigenvalue weighted by atomic mass is 10.1. The number of rotatable bonds is 8. The van der Waals surface area contributed by atoms with Crippen molar-refractivity contribution in [3.8, 4) is 11.5 Å². The Kier molecular flexibility index (Phi) is 7.17. The highest BCUT2D eigenvalue weighted by atomic mass is 16.5. The van der Waals surface area contributed by atoms with E-state index in [0.717, 1.165) is 27.7 Å². The number of benzene rings is 4. The van der Waals surface area contributed by atoms with Gasteiger partial charge in [0, 0.05) is 0 Å². The number of imide groups is 2. The largest absolute Gasteiger partial charge is 0.494 e. The highest BCUT2D eigenvalue weighted by Gasteiger charge is 2.36. The predicted octanol–water partition coefficient (Wildman–Crippen LogP) is 5.87. The third-order valence-electron chi connectivity index (χ3n) is 6.13. The molecule has 0 unspecified atom stereocenters. The van der Waals surface area contributed by atoms with E-state index in [-0.39, 0.29) is 5.57 Å². The van der Waals surface area contributed by atoms with Crippen molar-refractivity contribution in [3.63, 3.8) is 0 Å². The van der Waals surface area contributed by atoms with Crippen molar-refractivity contribution in [1.82, 2.24) is 5.32 Å². The molecule has 7 nitrogen and oxygen atoms in total. The van der Waals surface area contributed by atoms with Gasteiger partial charge in [-0.05, 0) is 70.8 Å². The fraction of sp³-hybridized carbons (Fsp3) is 0.129. The molecule has 0 aliphatic carbocycles. The number of carbonyl (C=O) groups excluding carboxylic acids is 3. The van der Waals surface area contributed by atoms with Gasteiger partial charge >= 0.3 is 6.03 Å². The van der Waals surface area contributed by atoms with Crippen LogP contribution in [0.25, 0.3) is 16.8 Å². The summed E-state index contributed by atoms with van der Waals surface area (Å²) in [6, 6.07) is 27.1. The molecule has 0 aromatic heterocycles. The van der Waals surface area contributed by atoms with Crippen molar-refractivity contribution in [2.24, 2.45) is 0 Å². The van der Waals surface area contributed by atoms with Crippen molar-refractivity contribution in [1.29, 1.82) is 0 Å². The van der Waals surface area contributed by atoms with Gasteiger partial charge < -0.3 is 9.47 Å². The molecule has 1 saturated heterocycles. The molecule has 4 aromatic carbocycles. The lowest BCUT2D eigenvalue weighted by molar-refractivity contribution is -0.122. The monoisotopic (exact) mass is 506 g/mol. The standard InChI is InChI=1S/C31H26N2O5/c1-2-18-37-25-16-12-24(13-17-25)33-30(35)28(29(34)32-31(33)36)19-21-10-14-26(15-11-21)38-20-23-8-5-7-22-6-3-4-9-27(22)23/h3-17,19H,2,18,20H2,1H3,(H,32,34,36)/b28-19-. The van der Waals surface area contributed by atoms with E-state index in [1.165, 1.54) is 6.08 Å². The third-order valence-corrected chi connectivity index (χ3v) is 6.13. The zero-order chi connectivity index (χ0) is 26.5. The van der Waals surface area contributed by atoms with Gasteiger partial charge in [0.1, 0.15) is 23.7 Å². The molecular formula is C31H26N2O5. The van der Waals surface area contributed by atoms with E-state index in [1.54, 1.807) is 48.5 Å². The van der Waals surface area contributed by atoms with Gasteiger partial charge in [0.2, 0.25) is 0 Å². The lowest BCUT2D eigenvalue weighted by Gasteiger charge is -2.26. The number of anilines is 1. The number of fused-ring (bicyclic) bond motifs is 1. The summed E-state index contributed by atoms with van der Waals surface area (Å²) in [6.07, 6.45) is 2.33. The molecule has 1 heterocycles. The SMILES string of the molecule is CCCOc1ccc(N2C(=O)NC(=O)/C(=C/c3ccc(OCc4cccc5ccccc45)cc3)C2=O)cc1. The van der Waals surface area contributed by atoms with Crippen LogP contribution in [0.2, 0.25) is 0 Å². The third kappa shape index (κ3) is 5.27. The van der Waals surface area contributed by atoms with Crippen LogP contribution in [0.3, 0.4) is 0 Å². The van der Waals surface area contributed by atoms with Crippen molar-refractivity contribution in [2.75, 3.05) is 11.5 Å². The molecule has 0 atom stereocenters. The summed E-state index contributed by atoms with van der Waals surface area (Å²) in [7, 11) is 0. The average molecular weight is 507 g/mol. The van der Waals surface area contributed by atoms with E-state index in [1.807, 2.05) is 31.2 Å². The number of amides is 4. The van der Waals surface area contributed by atoms with Crippen molar-refractivity contribution in [2.45, 2.75) is 20.0 Å². The van der Waals surface area contributed by atoms with Gasteiger partial charge in [-0.3, -0.25) is 14.9 Å². The van der Waals surface area contributed by atoms with E-state index in [9.17, 15) is 14.4 Å². The maximum Gasteiger partial charge on any atom is 0.335 e. The molecule has 0 bridgehead atoms. The van der Waals surface area contributed by atoms with Crippen LogP contribution in [0.15, 0.2) is 96.6 Å². The summed E-state index contributed by atoms with van der Waals surface area (Å²) < 4.78 is 11.5. The summed E-state index contributed by atoms with van der Waals surface area (Å²) in [4.78, 5) is 39.1. The van der Waals surface area contributed by atoms with Gasteiger partial charge in [-0.1, -0.05) is 61.5 Å². The second kappa shape index (κ2) is 11.0. The van der Waals surface area contributed by atoms with Gasteiger partial charge in [-0.2, -0.15) is 0 Å². The van der Waals surface area contributed by atoms with Crippen molar-refractivity contribution < 1.29 is 23.9 Å². The highest BCUT2D eigenvalue weighted by molar-refractivity contribution is 6.39. The first-order chi connectivity index (χ1) is 18.5. The minimum Gasteiger partial charge on any atom is -0.494 e. The number of nitrogens with one attached hydrogen (secondary N) is 1. The van der Waals surface area contributed by atoms with Gasteiger partial charge in [0.25, 0.3) is 11.8 Å². The second-order valence-electron chi connectivity index (χ2n) is 8.80. The molecule has 0 spiro atoms. The first kappa shape index (κ1) is 24.8. The Morgan fingerprint density at radius 3 is 2.24 bits per heavy atom. The maximum absolute atomic E-state index is 13.2. The zero-order valence-corrected chi connectivity index (χ0v) is 20.8. The van der Waals surface area contributed by atoms with Crippen LogP contribution in [0, 0.1) is 0 Å². The topological polar surface area (TPSA) is 84.9 Å². The normalized spacial score (nSPS) is 14.6. The fourth-order valence-electron chi connectivity index (χ4n) is 4.21. The van der Waals surface area contributed by atoms with Crippen molar-refractivity contribution in [3.05, 3.63) is 108 Å². The molecule has 4 aromatic rings. The number of hydrogen-bond acceptors (Lipinski definition) is 5. The zero-order valence-electron chi connectivity index (χ0n) is 20.8. The van der Waals surface area contributed by atoms with E-state index >= 15 is 0 Å². The summed E-state index contributed by atoms with van der Waals surface area (Å²) in [5.74, 6) is -0.149. The number of nitrogens with zero attached hydrogens (tertiary/aromatic N) is 1. The molecule has 0 saturated carbocycles. The van der Waals surface area contributed by atoms with E-state index in [4.69, 9.17) is 9.47 Å². The van der Waals surface area contributed by atoms with Crippen LogP contribution < -0.4 is 19.7 Å². The molecule has 5 rings (SSSR count). The summed E-state index contributed by atoms with van der Waals surface area (Å²) in [5, 5.41) is 4.54. The number of carbonyl (C=O) groups is 3. The van der Waals surface area contributed by atoms with E-state index in [0.29, 0.717) is 36.0 Å². The molecule has 1 aliphatic rings. The van der Waals surface area contributed by atoms with Crippen LogP contribution in [-0.2, 0) is 16.2 Å². The van der Waals surface area contributed by atoms with Crippen LogP contribution >= 0.6 is 0 Å². The molecule has 0 radical (unpaired) electrons. The maximum atomic E-state index is 13.2. The summed E-state index contributed by atoms with van der Waals surface area (Å²) in [6.45, 7) is 2.97. The van der Waals surface area contributed by atoms with Crippen LogP contribution in [0.5, 0.6) is 11.5 Å². The van der Waals surface area contributed by atoms with Gasteiger partial charge in [-0.15, -0.1) is 0 Å². The number of hydrogen-bond donors (Lipinski definition) is 1. The molecule has 7 heteroatoms. The Balaban J connectivity index is 1.30. The fourth-order valence-corrected chi connectivity index (χ4v) is 4.21. The predicted molar refractivity (Wildman–Crippen MR) is 146 cm³/mol. The van der Waals surface area contributed by atoms with E-state index < -0.39 is 17.8 Å². The van der Waals surface area contributed by atoms with Gasteiger partial charge in [-0.25, -0.2) is 9.69 Å². The quantitative estimate of drug-likeness (QED) is 0.239. The molecular weight excluding hydrogens is 480 g/mol. The average Bonchev–Trinajstić information content (AvgIpc) is 2.94. The van der Waals surface area contributed by atoms with Gasteiger partial charge in [0.15, 0.2) is 0 Å². The highest BCUT2D eigenvalue weighted by Crippen LogP contribution is 2.25. The Morgan fingerprint density at radius 2 is 1.47 bits per heavy atom. The first-order valence-electron chi connectivity index (χ1n) is 12.4. The molecule has 4 amide bonds. The second-order valence-corrected chi connectivity index (χ2v) is 8.80. The first-order valence-corrected chi connectivity index (χ1v) is 12.4. The number of urea groups is 1. The number of ether oxygens (including phenoxy) is 2. The van der Waals surface area contributed by atoms with Crippen LogP contribution in [0.1, 0.15) is 24.5 Å². The minimum atomic E-state index is -0.795. The Hall–Kier alpha value is -4.91. The molecule has 1 fully saturated rings. The molecule has 1 aliphatic heterocycles. The van der Waals surface area contributed by atoms with Crippen molar-refractivity contribution >= 4 is 40.4 Å². The van der Waals surface area contributed by atoms with Crippen LogP contribution in [0.4, 0.5) is 10.5 Å². The Morgan fingerprint density at radius 1 is 0.789 bits per heavy atom. The number of barbiturate groups is 1. The molecule has 38 heavy (non-hydrogen) atoms. The smallest absolute Gasteiger partial charge is 0.335 e. The van der Waals surface area contributed by atoms with Crippen LogP contribution in [-0.4, -0.2) is 24.5 Å². The molecule has 1 N–H and O–H groups in total. The Bertz CT molecular complexity index is 1520. The van der Waals surface area contributed by atoms with Gasteiger partial charge in [0.05, 0.1) is 12.3 Å². The lowest BCUT2D eigenvalue weighted by Crippen LogP contribution is -2.54. The Labute approximate surface area is 220 Å².